The number of carbonyl (C=O) groups is 2. The maximum absolute atomic E-state index is 11.9. The number of benzene rings is 1. The largest absolute Gasteiger partial charge is 0.350 e. The van der Waals surface area contributed by atoms with Gasteiger partial charge in [0, 0.05) is 27.2 Å². The summed E-state index contributed by atoms with van der Waals surface area (Å²) >= 11 is 5.72. The molecule has 0 unspecified atom stereocenters. The smallest absolute Gasteiger partial charge is 0.316 e. The summed E-state index contributed by atoms with van der Waals surface area (Å²) in [5.41, 5.74) is -0.555. The zero-order valence-electron chi connectivity index (χ0n) is 11.6. The molecule has 3 amide bonds. The normalized spacial score (nSPS) is 9.86. The third-order valence-electron chi connectivity index (χ3n) is 2.51. The third kappa shape index (κ3) is 4.60. The monoisotopic (exact) mass is 314 g/mol. The van der Waals surface area contributed by atoms with Gasteiger partial charge in [-0.2, -0.15) is 0 Å². The Labute approximate surface area is 126 Å². The maximum Gasteiger partial charge on any atom is 0.316 e. The Morgan fingerprint density at radius 2 is 1.90 bits per heavy atom. The van der Waals surface area contributed by atoms with Gasteiger partial charge in [-0.25, -0.2) is 4.79 Å². The second-order valence-corrected chi connectivity index (χ2v) is 4.68. The van der Waals surface area contributed by atoms with E-state index in [1.807, 2.05) is 0 Å². The molecule has 0 saturated heterocycles. The molecule has 0 aromatic heterocycles. The first-order valence-corrected chi connectivity index (χ1v) is 6.38. The highest BCUT2D eigenvalue weighted by Gasteiger charge is 2.23. The molecule has 0 spiro atoms. The molecule has 21 heavy (non-hydrogen) atoms. The fourth-order valence-corrected chi connectivity index (χ4v) is 1.73. The standard InChI is InChI=1S/C12H15ClN4O4/c1-16(2)12(19)15-7-6-14-11(18)8-4-3-5-9(13)10(8)17(20)21/h3-5H,6-7H2,1-2H3,(H,14,18)(H,15,19). The first-order valence-electron chi connectivity index (χ1n) is 6.01. The van der Waals surface area contributed by atoms with Crippen LogP contribution in [0.5, 0.6) is 0 Å². The summed E-state index contributed by atoms with van der Waals surface area (Å²) in [6.07, 6.45) is 0. The van der Waals surface area contributed by atoms with Crippen molar-refractivity contribution in [3.05, 3.63) is 38.9 Å². The number of rotatable bonds is 5. The fraction of sp³-hybridized carbons (Fsp3) is 0.333. The van der Waals surface area contributed by atoms with Crippen molar-refractivity contribution in [1.29, 1.82) is 0 Å². The van der Waals surface area contributed by atoms with Gasteiger partial charge in [0.2, 0.25) is 0 Å². The van der Waals surface area contributed by atoms with E-state index >= 15 is 0 Å². The third-order valence-corrected chi connectivity index (χ3v) is 2.81. The number of nitrogens with zero attached hydrogens (tertiary/aromatic N) is 2. The quantitative estimate of drug-likeness (QED) is 0.485. The number of carbonyl (C=O) groups excluding carboxylic acids is 2. The second-order valence-electron chi connectivity index (χ2n) is 4.28. The SMILES string of the molecule is CN(C)C(=O)NCCNC(=O)c1cccc(Cl)c1[N+](=O)[O-]. The molecule has 0 fully saturated rings. The van der Waals surface area contributed by atoms with Gasteiger partial charge in [-0.15, -0.1) is 0 Å². The number of hydrogen-bond donors (Lipinski definition) is 2. The Morgan fingerprint density at radius 1 is 1.29 bits per heavy atom. The topological polar surface area (TPSA) is 105 Å². The van der Waals surface area contributed by atoms with Crippen LogP contribution in [-0.4, -0.2) is 48.9 Å². The first-order chi connectivity index (χ1) is 9.84. The van der Waals surface area contributed by atoms with Crippen molar-refractivity contribution in [2.24, 2.45) is 0 Å². The molecule has 0 aliphatic carbocycles. The van der Waals surface area contributed by atoms with Crippen LogP contribution in [0, 0.1) is 10.1 Å². The minimum Gasteiger partial charge on any atom is -0.350 e. The zero-order valence-corrected chi connectivity index (χ0v) is 12.3. The van der Waals surface area contributed by atoms with Crippen molar-refractivity contribution in [3.8, 4) is 0 Å². The van der Waals surface area contributed by atoms with Crippen LogP contribution >= 0.6 is 11.6 Å². The van der Waals surface area contributed by atoms with E-state index in [1.54, 1.807) is 14.1 Å². The van der Waals surface area contributed by atoms with Gasteiger partial charge in [-0.05, 0) is 12.1 Å². The van der Waals surface area contributed by atoms with E-state index in [2.05, 4.69) is 10.6 Å². The molecule has 0 radical (unpaired) electrons. The van der Waals surface area contributed by atoms with Gasteiger partial charge < -0.3 is 15.5 Å². The van der Waals surface area contributed by atoms with Crippen LogP contribution in [0.4, 0.5) is 10.5 Å². The van der Waals surface area contributed by atoms with Crippen molar-refractivity contribution in [2.45, 2.75) is 0 Å². The number of nitro benzene ring substituents is 1. The summed E-state index contributed by atoms with van der Waals surface area (Å²) in [5.74, 6) is -0.622. The molecule has 8 nitrogen and oxygen atoms in total. The molecule has 0 heterocycles. The second kappa shape index (κ2) is 7.44. The van der Waals surface area contributed by atoms with Gasteiger partial charge in [0.15, 0.2) is 0 Å². The summed E-state index contributed by atoms with van der Waals surface area (Å²) in [6, 6.07) is 3.82. The molecule has 1 aromatic rings. The van der Waals surface area contributed by atoms with Crippen LogP contribution in [0.1, 0.15) is 10.4 Å². The molecule has 0 saturated carbocycles. The van der Waals surface area contributed by atoms with E-state index in [9.17, 15) is 19.7 Å². The van der Waals surface area contributed by atoms with Gasteiger partial charge in [-0.1, -0.05) is 17.7 Å². The van der Waals surface area contributed by atoms with Crippen molar-refractivity contribution in [3.63, 3.8) is 0 Å². The Hall–Kier alpha value is -2.35. The summed E-state index contributed by atoms with van der Waals surface area (Å²) < 4.78 is 0. The molecule has 0 atom stereocenters. The predicted molar refractivity (Wildman–Crippen MR) is 77.5 cm³/mol. The lowest BCUT2D eigenvalue weighted by Crippen LogP contribution is -2.39. The van der Waals surface area contributed by atoms with Crippen LogP contribution in [0.25, 0.3) is 0 Å². The number of amides is 3. The highest BCUT2D eigenvalue weighted by molar-refractivity contribution is 6.33. The Balaban J connectivity index is 2.63. The highest BCUT2D eigenvalue weighted by Crippen LogP contribution is 2.27. The summed E-state index contributed by atoms with van der Waals surface area (Å²) in [6.45, 7) is 0.346. The summed E-state index contributed by atoms with van der Waals surface area (Å²) in [4.78, 5) is 34.7. The Kier molecular flexibility index (Phi) is 5.92. The minimum absolute atomic E-state index is 0.103. The van der Waals surface area contributed by atoms with E-state index in [4.69, 9.17) is 11.6 Å². The number of nitro groups is 1. The number of hydrogen-bond acceptors (Lipinski definition) is 4. The van der Waals surface area contributed by atoms with E-state index < -0.39 is 16.5 Å². The predicted octanol–water partition coefficient (Wildman–Crippen LogP) is 1.25. The maximum atomic E-state index is 11.9. The number of halogens is 1. The summed E-state index contributed by atoms with van der Waals surface area (Å²) in [7, 11) is 3.17. The van der Waals surface area contributed by atoms with Crippen molar-refractivity contribution in [2.75, 3.05) is 27.2 Å². The van der Waals surface area contributed by atoms with Gasteiger partial charge in [0.05, 0.1) is 4.92 Å². The highest BCUT2D eigenvalue weighted by atomic mass is 35.5. The average molecular weight is 315 g/mol. The molecule has 2 N–H and O–H groups in total. The molecule has 9 heteroatoms. The zero-order chi connectivity index (χ0) is 16.0. The van der Waals surface area contributed by atoms with E-state index in [0.29, 0.717) is 0 Å². The molecular formula is C12H15ClN4O4. The lowest BCUT2D eigenvalue weighted by molar-refractivity contribution is -0.385. The Morgan fingerprint density at radius 3 is 2.48 bits per heavy atom. The minimum atomic E-state index is -0.703. The van der Waals surface area contributed by atoms with Crippen molar-refractivity contribution >= 4 is 29.2 Å². The number of urea groups is 1. The molecule has 1 rings (SSSR count). The molecule has 0 bridgehead atoms. The number of nitrogens with one attached hydrogen (secondary N) is 2. The molecule has 0 aliphatic heterocycles. The molecule has 0 aliphatic rings. The average Bonchev–Trinajstić information content (AvgIpc) is 2.42. The van der Waals surface area contributed by atoms with Crippen LogP contribution in [0.3, 0.4) is 0 Å². The summed E-state index contributed by atoms with van der Waals surface area (Å²) in [5, 5.41) is 15.8. The first kappa shape index (κ1) is 16.7. The lowest BCUT2D eigenvalue weighted by Gasteiger charge is -2.12. The van der Waals surface area contributed by atoms with Crippen LogP contribution < -0.4 is 10.6 Å². The van der Waals surface area contributed by atoms with Gasteiger partial charge >= 0.3 is 11.7 Å². The molecule has 1 aromatic carbocycles. The Bertz CT molecular complexity index is 562. The van der Waals surface area contributed by atoms with Gasteiger partial charge in [0.1, 0.15) is 10.6 Å². The van der Waals surface area contributed by atoms with E-state index in [-0.39, 0.29) is 29.7 Å². The van der Waals surface area contributed by atoms with Gasteiger partial charge in [0.25, 0.3) is 5.91 Å². The van der Waals surface area contributed by atoms with Crippen molar-refractivity contribution in [1.82, 2.24) is 15.5 Å². The van der Waals surface area contributed by atoms with Crippen LogP contribution in [-0.2, 0) is 0 Å². The van der Waals surface area contributed by atoms with Gasteiger partial charge in [-0.3, -0.25) is 14.9 Å². The van der Waals surface area contributed by atoms with E-state index in [1.165, 1.54) is 23.1 Å². The van der Waals surface area contributed by atoms with Crippen LogP contribution in [0.2, 0.25) is 5.02 Å². The van der Waals surface area contributed by atoms with Crippen molar-refractivity contribution < 1.29 is 14.5 Å². The van der Waals surface area contributed by atoms with Crippen LogP contribution in [0.15, 0.2) is 18.2 Å². The lowest BCUT2D eigenvalue weighted by atomic mass is 10.1. The fourth-order valence-electron chi connectivity index (χ4n) is 1.48. The van der Waals surface area contributed by atoms with E-state index in [0.717, 1.165) is 0 Å². The molecular weight excluding hydrogens is 300 g/mol. The number of para-hydroxylation sites is 1. The molecule has 114 valence electrons.